The molecule has 1 heterocycles. The lowest BCUT2D eigenvalue weighted by atomic mass is 10.1. The Hall–Kier alpha value is -1.50. The predicted octanol–water partition coefficient (Wildman–Crippen LogP) is 1.05. The van der Waals surface area contributed by atoms with Gasteiger partial charge >= 0.3 is 0 Å². The summed E-state index contributed by atoms with van der Waals surface area (Å²) in [7, 11) is 1.43. The molecule has 4 nitrogen and oxygen atoms in total. The number of methoxy groups -OCH3 is 1. The van der Waals surface area contributed by atoms with E-state index >= 15 is 0 Å². The molecule has 0 bridgehead atoms. The quantitative estimate of drug-likeness (QED) is 0.375. The van der Waals surface area contributed by atoms with E-state index in [-0.39, 0.29) is 11.5 Å². The van der Waals surface area contributed by atoms with Crippen LogP contribution in [0.4, 0.5) is 0 Å². The van der Waals surface area contributed by atoms with E-state index in [9.17, 15) is 4.79 Å². The number of piperidine rings is 1. The molecule has 1 aliphatic heterocycles. The number of nitrogens with zero attached hydrogens (tertiary/aromatic N) is 2. The average molecular weight is 194 g/mol. The molecule has 1 rings (SSSR count). The van der Waals surface area contributed by atoms with Crippen molar-refractivity contribution in [2.75, 3.05) is 20.2 Å². The second kappa shape index (κ2) is 5.28. The normalized spacial score (nSPS) is 17.4. The maximum atomic E-state index is 11.7. The molecule has 0 aromatic rings. The maximum absolute atomic E-state index is 11.7. The van der Waals surface area contributed by atoms with Crippen LogP contribution in [0.15, 0.2) is 11.8 Å². The molecule has 0 saturated carbocycles. The Morgan fingerprint density at radius 2 is 2.07 bits per heavy atom. The summed E-state index contributed by atoms with van der Waals surface area (Å²) in [5, 5.41) is 8.71. The summed E-state index contributed by atoms with van der Waals surface area (Å²) in [6.07, 6.45) is 4.42. The smallest absolute Gasteiger partial charge is 0.267 e. The van der Waals surface area contributed by atoms with Gasteiger partial charge in [-0.1, -0.05) is 0 Å². The minimum Gasteiger partial charge on any atom is -0.503 e. The number of nitriles is 1. The lowest BCUT2D eigenvalue weighted by molar-refractivity contribution is -0.127. The van der Waals surface area contributed by atoms with E-state index < -0.39 is 0 Å². The monoisotopic (exact) mass is 194 g/mol. The van der Waals surface area contributed by atoms with Crippen molar-refractivity contribution in [2.24, 2.45) is 0 Å². The van der Waals surface area contributed by atoms with Gasteiger partial charge in [0.2, 0.25) is 0 Å². The van der Waals surface area contributed by atoms with Gasteiger partial charge in [0, 0.05) is 13.1 Å². The Kier molecular flexibility index (Phi) is 3.99. The van der Waals surface area contributed by atoms with E-state index in [4.69, 9.17) is 5.26 Å². The van der Waals surface area contributed by atoms with Crippen LogP contribution in [0.2, 0.25) is 0 Å². The Balaban J connectivity index is 2.63. The third kappa shape index (κ3) is 2.49. The van der Waals surface area contributed by atoms with Crippen molar-refractivity contribution >= 4 is 5.91 Å². The molecule has 1 saturated heterocycles. The molecule has 14 heavy (non-hydrogen) atoms. The maximum Gasteiger partial charge on any atom is 0.267 e. The van der Waals surface area contributed by atoms with Gasteiger partial charge in [-0.3, -0.25) is 4.79 Å². The van der Waals surface area contributed by atoms with Gasteiger partial charge in [0.25, 0.3) is 5.91 Å². The van der Waals surface area contributed by atoms with Crippen molar-refractivity contribution in [3.63, 3.8) is 0 Å². The van der Waals surface area contributed by atoms with Crippen molar-refractivity contribution in [1.82, 2.24) is 4.90 Å². The van der Waals surface area contributed by atoms with Gasteiger partial charge in [-0.15, -0.1) is 0 Å². The number of rotatable bonds is 2. The van der Waals surface area contributed by atoms with Crippen molar-refractivity contribution in [3.8, 4) is 6.07 Å². The van der Waals surface area contributed by atoms with Crippen LogP contribution in [0.25, 0.3) is 0 Å². The first-order valence-electron chi connectivity index (χ1n) is 4.72. The summed E-state index contributed by atoms with van der Waals surface area (Å²) in [6, 6.07) is 1.84. The molecule has 1 amide bonds. The lowest BCUT2D eigenvalue weighted by Gasteiger charge is -2.26. The highest BCUT2D eigenvalue weighted by Crippen LogP contribution is 2.11. The van der Waals surface area contributed by atoms with Gasteiger partial charge in [0.05, 0.1) is 7.11 Å². The molecule has 0 atom stereocenters. The van der Waals surface area contributed by atoms with Crippen molar-refractivity contribution in [1.29, 1.82) is 5.26 Å². The number of likely N-dealkylation sites (tertiary alicyclic amines) is 1. The number of hydrogen-bond donors (Lipinski definition) is 0. The van der Waals surface area contributed by atoms with Gasteiger partial charge in [-0.05, 0) is 19.3 Å². The van der Waals surface area contributed by atoms with Crippen LogP contribution >= 0.6 is 0 Å². The highest BCUT2D eigenvalue weighted by atomic mass is 16.5. The van der Waals surface area contributed by atoms with E-state index in [0.717, 1.165) is 25.9 Å². The lowest BCUT2D eigenvalue weighted by Crippen LogP contribution is -2.36. The topological polar surface area (TPSA) is 53.3 Å². The average Bonchev–Trinajstić information content (AvgIpc) is 2.26. The first kappa shape index (κ1) is 10.6. The summed E-state index contributed by atoms with van der Waals surface area (Å²) < 4.78 is 4.67. The zero-order valence-electron chi connectivity index (χ0n) is 8.32. The van der Waals surface area contributed by atoms with E-state index in [1.807, 2.05) is 6.07 Å². The summed E-state index contributed by atoms with van der Waals surface area (Å²) in [5.41, 5.74) is 0.0781. The second-order valence-electron chi connectivity index (χ2n) is 3.23. The third-order valence-electron chi connectivity index (χ3n) is 2.23. The zero-order chi connectivity index (χ0) is 10.4. The van der Waals surface area contributed by atoms with E-state index in [1.54, 1.807) is 4.90 Å². The minimum atomic E-state index is -0.214. The summed E-state index contributed by atoms with van der Waals surface area (Å²) >= 11 is 0. The molecular formula is C10H14N2O2. The number of amides is 1. The number of carbonyl (C=O) groups is 1. The Bertz CT molecular complexity index is 272. The van der Waals surface area contributed by atoms with Gasteiger partial charge in [-0.2, -0.15) is 5.26 Å². The van der Waals surface area contributed by atoms with Gasteiger partial charge in [0.1, 0.15) is 12.3 Å². The molecule has 1 fully saturated rings. The standard InChI is InChI=1S/C10H14N2O2/c1-14-8-9(7-11)10(13)12-5-3-2-4-6-12/h8H,2-6H2,1H3. The summed E-state index contributed by atoms with van der Waals surface area (Å²) in [6.45, 7) is 1.50. The van der Waals surface area contributed by atoms with E-state index in [0.29, 0.717) is 0 Å². The molecule has 4 heteroatoms. The van der Waals surface area contributed by atoms with Crippen LogP contribution in [0.5, 0.6) is 0 Å². The van der Waals surface area contributed by atoms with Crippen LogP contribution < -0.4 is 0 Å². The molecule has 76 valence electrons. The van der Waals surface area contributed by atoms with Crippen molar-refractivity contribution in [3.05, 3.63) is 11.8 Å². The first-order valence-corrected chi connectivity index (χ1v) is 4.72. The molecule has 0 aromatic heterocycles. The van der Waals surface area contributed by atoms with Crippen LogP contribution in [-0.4, -0.2) is 31.0 Å². The largest absolute Gasteiger partial charge is 0.503 e. The van der Waals surface area contributed by atoms with Crippen molar-refractivity contribution < 1.29 is 9.53 Å². The number of carbonyl (C=O) groups excluding carboxylic acids is 1. The molecular weight excluding hydrogens is 180 g/mol. The van der Waals surface area contributed by atoms with Gasteiger partial charge in [-0.25, -0.2) is 0 Å². The molecule has 0 unspecified atom stereocenters. The number of hydrogen-bond acceptors (Lipinski definition) is 3. The molecule has 0 aromatic carbocycles. The molecule has 0 N–H and O–H groups in total. The predicted molar refractivity (Wildman–Crippen MR) is 51.1 cm³/mol. The third-order valence-corrected chi connectivity index (χ3v) is 2.23. The van der Waals surface area contributed by atoms with Crippen LogP contribution in [0, 0.1) is 11.3 Å². The van der Waals surface area contributed by atoms with E-state index in [2.05, 4.69) is 4.74 Å². The molecule has 0 spiro atoms. The molecule has 0 aliphatic carbocycles. The summed E-state index contributed by atoms with van der Waals surface area (Å²) in [4.78, 5) is 13.4. The minimum absolute atomic E-state index is 0.0781. The molecule has 1 aliphatic rings. The Morgan fingerprint density at radius 1 is 1.43 bits per heavy atom. The van der Waals surface area contributed by atoms with Gasteiger partial charge in [0.15, 0.2) is 5.57 Å². The highest BCUT2D eigenvalue weighted by molar-refractivity contribution is 5.97. The Morgan fingerprint density at radius 3 is 2.57 bits per heavy atom. The van der Waals surface area contributed by atoms with Crippen LogP contribution in [0.3, 0.4) is 0 Å². The van der Waals surface area contributed by atoms with Crippen molar-refractivity contribution in [2.45, 2.75) is 19.3 Å². The van der Waals surface area contributed by atoms with Gasteiger partial charge < -0.3 is 9.64 Å². The zero-order valence-corrected chi connectivity index (χ0v) is 8.32. The Labute approximate surface area is 83.8 Å². The molecule has 0 radical (unpaired) electrons. The van der Waals surface area contributed by atoms with Crippen LogP contribution in [0.1, 0.15) is 19.3 Å². The number of ether oxygens (including phenoxy) is 1. The highest BCUT2D eigenvalue weighted by Gasteiger charge is 2.20. The van der Waals surface area contributed by atoms with E-state index in [1.165, 1.54) is 19.8 Å². The van der Waals surface area contributed by atoms with Crippen LogP contribution in [-0.2, 0) is 9.53 Å². The summed E-state index contributed by atoms with van der Waals surface area (Å²) in [5.74, 6) is -0.214. The first-order chi connectivity index (χ1) is 6.79. The second-order valence-corrected chi connectivity index (χ2v) is 3.23. The fraction of sp³-hybridized carbons (Fsp3) is 0.600. The fourth-order valence-electron chi connectivity index (χ4n) is 1.51. The fourth-order valence-corrected chi connectivity index (χ4v) is 1.51. The SMILES string of the molecule is COC=C(C#N)C(=O)N1CCCCC1.